The van der Waals surface area contributed by atoms with Gasteiger partial charge in [0.15, 0.2) is 0 Å². The van der Waals surface area contributed by atoms with Gasteiger partial charge >= 0.3 is 6.18 Å². The molecule has 0 aromatic heterocycles. The Labute approximate surface area is 198 Å². The second kappa shape index (κ2) is 8.42. The van der Waals surface area contributed by atoms with E-state index >= 15 is 0 Å². The second-order valence-electron chi connectivity index (χ2n) is 10.2. The van der Waals surface area contributed by atoms with Crippen molar-refractivity contribution in [3.63, 3.8) is 0 Å². The Balaban J connectivity index is 1.40. The molecule has 3 unspecified atom stereocenters. The summed E-state index contributed by atoms with van der Waals surface area (Å²) in [5.41, 5.74) is 11.1. The summed E-state index contributed by atoms with van der Waals surface area (Å²) in [7, 11) is 0. The van der Waals surface area contributed by atoms with Crippen LogP contribution in [0.2, 0.25) is 0 Å². The van der Waals surface area contributed by atoms with Crippen LogP contribution < -0.4 is 5.73 Å². The molecule has 1 saturated carbocycles. The molecule has 3 atom stereocenters. The summed E-state index contributed by atoms with van der Waals surface area (Å²) in [5, 5.41) is 9.82. The molecular formula is C28H30F3N3. The van der Waals surface area contributed by atoms with Crippen LogP contribution in [0.4, 0.5) is 13.2 Å². The van der Waals surface area contributed by atoms with Gasteiger partial charge in [-0.05, 0) is 69.7 Å². The first-order valence-electron chi connectivity index (χ1n) is 11.9. The Morgan fingerprint density at radius 1 is 1.00 bits per heavy atom. The van der Waals surface area contributed by atoms with E-state index in [0.29, 0.717) is 24.8 Å². The van der Waals surface area contributed by atoms with E-state index in [-0.39, 0.29) is 17.8 Å². The van der Waals surface area contributed by atoms with Crippen molar-refractivity contribution in [3.8, 4) is 0 Å². The van der Waals surface area contributed by atoms with Gasteiger partial charge in [-0.3, -0.25) is 10.3 Å². The van der Waals surface area contributed by atoms with Gasteiger partial charge in [0, 0.05) is 18.2 Å². The molecular weight excluding hydrogens is 435 g/mol. The molecule has 0 amide bonds. The molecule has 6 heteroatoms. The summed E-state index contributed by atoms with van der Waals surface area (Å²) in [6, 6.07) is 18.6. The van der Waals surface area contributed by atoms with Crippen LogP contribution in [-0.2, 0) is 6.42 Å². The van der Waals surface area contributed by atoms with Crippen molar-refractivity contribution in [2.75, 3.05) is 13.1 Å². The fraction of sp³-hybridized carbons (Fsp3) is 0.393. The minimum Gasteiger partial charge on any atom is -0.384 e. The van der Waals surface area contributed by atoms with Gasteiger partial charge in [0.25, 0.3) is 0 Å². The van der Waals surface area contributed by atoms with Gasteiger partial charge in [-0.25, -0.2) is 0 Å². The predicted octanol–water partition coefficient (Wildman–Crippen LogP) is 6.51. The van der Waals surface area contributed by atoms with Gasteiger partial charge in [0.2, 0.25) is 0 Å². The summed E-state index contributed by atoms with van der Waals surface area (Å²) >= 11 is 0. The zero-order chi connectivity index (χ0) is 24.2. The predicted molar refractivity (Wildman–Crippen MR) is 130 cm³/mol. The summed E-state index contributed by atoms with van der Waals surface area (Å²) < 4.78 is 39.7. The lowest BCUT2D eigenvalue weighted by atomic mass is 9.84. The van der Waals surface area contributed by atoms with Crippen LogP contribution in [0.15, 0.2) is 54.6 Å². The molecule has 3 N–H and O–H groups in total. The largest absolute Gasteiger partial charge is 0.401 e. The Kier molecular flexibility index (Phi) is 5.67. The molecule has 2 aliphatic rings. The van der Waals surface area contributed by atoms with E-state index in [0.717, 1.165) is 28.3 Å². The summed E-state index contributed by atoms with van der Waals surface area (Å²) in [5.74, 6) is 0.980. The zero-order valence-corrected chi connectivity index (χ0v) is 19.5. The fourth-order valence-corrected chi connectivity index (χ4v) is 5.73. The lowest BCUT2D eigenvalue weighted by Gasteiger charge is -2.40. The SMILES string of the molecule is CC(C)C1c2cc(C3CC3c3ccc4cc(C(=N)N)ccc4c3)ccc2CCN1CC(F)(F)F. The molecule has 1 fully saturated rings. The lowest BCUT2D eigenvalue weighted by molar-refractivity contribution is -0.154. The van der Waals surface area contributed by atoms with Crippen molar-refractivity contribution in [2.24, 2.45) is 11.7 Å². The second-order valence-corrected chi connectivity index (χ2v) is 10.2. The standard InChI is InChI=1S/C28H30F3N3/c1-16(2)26-25-13-21(6-3-17(25)9-10-34(26)15-28(29,30)31)24-14-23(24)20-7-4-19-12-22(27(32)33)8-5-18(19)11-20/h3-8,11-13,16,23-24,26H,9-10,14-15H2,1-2H3,(H3,32,33). The Morgan fingerprint density at radius 3 is 2.32 bits per heavy atom. The molecule has 3 aromatic carbocycles. The van der Waals surface area contributed by atoms with Crippen LogP contribution in [0.25, 0.3) is 10.8 Å². The van der Waals surface area contributed by atoms with Gasteiger partial charge in [0.1, 0.15) is 5.84 Å². The van der Waals surface area contributed by atoms with Crippen molar-refractivity contribution in [1.82, 2.24) is 4.90 Å². The smallest absolute Gasteiger partial charge is 0.384 e. The number of nitrogens with two attached hydrogens (primary N) is 1. The molecule has 34 heavy (non-hydrogen) atoms. The maximum atomic E-state index is 13.2. The van der Waals surface area contributed by atoms with Crippen molar-refractivity contribution in [2.45, 2.75) is 50.7 Å². The van der Waals surface area contributed by atoms with Crippen molar-refractivity contribution in [1.29, 1.82) is 5.41 Å². The van der Waals surface area contributed by atoms with Crippen LogP contribution >= 0.6 is 0 Å². The number of nitrogen functional groups attached to an aromatic ring is 1. The number of hydrogen-bond acceptors (Lipinski definition) is 2. The van der Waals surface area contributed by atoms with E-state index in [1.807, 2.05) is 32.0 Å². The highest BCUT2D eigenvalue weighted by molar-refractivity contribution is 5.99. The van der Waals surface area contributed by atoms with Crippen LogP contribution in [0.1, 0.15) is 66.0 Å². The summed E-state index contributed by atoms with van der Waals surface area (Å²) in [6.07, 6.45) is -2.48. The van der Waals surface area contributed by atoms with Crippen LogP contribution in [-0.4, -0.2) is 30.0 Å². The van der Waals surface area contributed by atoms with Crippen LogP contribution in [0.3, 0.4) is 0 Å². The maximum Gasteiger partial charge on any atom is 0.401 e. The molecule has 0 radical (unpaired) electrons. The molecule has 5 rings (SSSR count). The first kappa shape index (κ1) is 22.9. The average molecular weight is 466 g/mol. The molecule has 3 nitrogen and oxygen atoms in total. The van der Waals surface area contributed by atoms with Gasteiger partial charge in [-0.1, -0.05) is 62.4 Å². The molecule has 0 spiro atoms. The number of nitrogens with zero attached hydrogens (tertiary/aromatic N) is 1. The lowest BCUT2D eigenvalue weighted by Crippen LogP contribution is -2.43. The number of alkyl halides is 3. The molecule has 0 saturated heterocycles. The number of hydrogen-bond donors (Lipinski definition) is 2. The first-order chi connectivity index (χ1) is 16.1. The highest BCUT2D eigenvalue weighted by Gasteiger charge is 2.42. The number of amidine groups is 1. The fourth-order valence-electron chi connectivity index (χ4n) is 5.73. The molecule has 178 valence electrons. The molecule has 1 aliphatic carbocycles. The third-order valence-corrected chi connectivity index (χ3v) is 7.39. The van der Waals surface area contributed by atoms with E-state index in [2.05, 4.69) is 36.4 Å². The Hall–Kier alpha value is -2.86. The molecule has 3 aromatic rings. The van der Waals surface area contributed by atoms with Crippen LogP contribution in [0, 0.1) is 11.3 Å². The Bertz CT molecular complexity index is 1250. The number of halogens is 3. The summed E-state index contributed by atoms with van der Waals surface area (Å²) in [6.45, 7) is 3.63. The minimum absolute atomic E-state index is 0.0640. The number of fused-ring (bicyclic) bond motifs is 2. The van der Waals surface area contributed by atoms with Gasteiger partial charge in [-0.2, -0.15) is 13.2 Å². The zero-order valence-electron chi connectivity index (χ0n) is 19.5. The number of rotatable bonds is 5. The van der Waals surface area contributed by atoms with Crippen LogP contribution in [0.5, 0.6) is 0 Å². The first-order valence-corrected chi connectivity index (χ1v) is 11.9. The highest BCUT2D eigenvalue weighted by Crippen LogP contribution is 2.55. The Morgan fingerprint density at radius 2 is 1.65 bits per heavy atom. The normalized spacial score (nSPS) is 22.7. The third-order valence-electron chi connectivity index (χ3n) is 7.39. The maximum absolute atomic E-state index is 13.2. The third kappa shape index (κ3) is 4.43. The molecule has 0 bridgehead atoms. The van der Waals surface area contributed by atoms with Gasteiger partial charge in [-0.15, -0.1) is 0 Å². The van der Waals surface area contributed by atoms with Crippen molar-refractivity contribution in [3.05, 3.63) is 82.4 Å². The number of nitrogens with one attached hydrogen (secondary N) is 1. The topological polar surface area (TPSA) is 53.1 Å². The quantitative estimate of drug-likeness (QED) is 0.333. The van der Waals surface area contributed by atoms with E-state index in [4.69, 9.17) is 11.1 Å². The average Bonchev–Trinajstić information content (AvgIpc) is 3.57. The van der Waals surface area contributed by atoms with E-state index in [1.54, 1.807) is 4.90 Å². The molecule has 1 aliphatic heterocycles. The monoisotopic (exact) mass is 465 g/mol. The highest BCUT2D eigenvalue weighted by atomic mass is 19.4. The van der Waals surface area contributed by atoms with Gasteiger partial charge < -0.3 is 5.73 Å². The van der Waals surface area contributed by atoms with Gasteiger partial charge in [0.05, 0.1) is 6.54 Å². The molecule has 1 heterocycles. The van der Waals surface area contributed by atoms with Crippen molar-refractivity contribution < 1.29 is 13.2 Å². The number of benzene rings is 3. The van der Waals surface area contributed by atoms with E-state index < -0.39 is 12.7 Å². The van der Waals surface area contributed by atoms with E-state index in [9.17, 15) is 13.2 Å². The van der Waals surface area contributed by atoms with E-state index in [1.165, 1.54) is 16.7 Å². The summed E-state index contributed by atoms with van der Waals surface area (Å²) in [4.78, 5) is 1.61. The van der Waals surface area contributed by atoms with Crippen molar-refractivity contribution >= 4 is 16.6 Å². The minimum atomic E-state index is -4.19.